The number of nitrogens with zero attached hydrogens (tertiary/aromatic N) is 2. The highest BCUT2D eigenvalue weighted by atomic mass is 16.6. The smallest absolute Gasteiger partial charge is 0.340 e. The van der Waals surface area contributed by atoms with Gasteiger partial charge in [0.15, 0.2) is 6.61 Å². The van der Waals surface area contributed by atoms with Crippen molar-refractivity contribution in [2.75, 3.05) is 13.2 Å². The summed E-state index contributed by atoms with van der Waals surface area (Å²) in [6, 6.07) is 5.81. The van der Waals surface area contributed by atoms with Gasteiger partial charge in [0.1, 0.15) is 0 Å². The summed E-state index contributed by atoms with van der Waals surface area (Å²) in [4.78, 5) is 42.7. The standard InChI is InChI=1S/C18H19N3O6/c1-4-26-18(23)17-12(3)20-11(2)16(17)15(22)10-27-19-9-13-6-5-7-14(8-13)21(24)25/h5-9,20H,4,10H2,1-3H3/b19-9+. The van der Waals surface area contributed by atoms with Gasteiger partial charge in [-0.25, -0.2) is 4.79 Å². The Morgan fingerprint density at radius 1 is 1.26 bits per heavy atom. The molecule has 0 fully saturated rings. The number of ketones is 1. The maximum absolute atomic E-state index is 12.4. The Labute approximate surface area is 155 Å². The number of Topliss-reactive ketones (excluding diaryl/α,β-unsaturated/α-hetero) is 1. The summed E-state index contributed by atoms with van der Waals surface area (Å²) >= 11 is 0. The number of hydrogen-bond acceptors (Lipinski definition) is 7. The lowest BCUT2D eigenvalue weighted by Crippen LogP contribution is -2.15. The minimum atomic E-state index is -0.581. The van der Waals surface area contributed by atoms with E-state index in [1.807, 2.05) is 0 Å². The molecule has 1 aromatic carbocycles. The number of H-pyrrole nitrogens is 1. The summed E-state index contributed by atoms with van der Waals surface area (Å²) in [5, 5.41) is 14.4. The van der Waals surface area contributed by atoms with Gasteiger partial charge in [0, 0.05) is 29.1 Å². The van der Waals surface area contributed by atoms with Crippen LogP contribution in [0.4, 0.5) is 5.69 Å². The van der Waals surface area contributed by atoms with Crippen molar-refractivity contribution in [1.29, 1.82) is 0 Å². The molecule has 1 heterocycles. The summed E-state index contributed by atoms with van der Waals surface area (Å²) in [5.41, 5.74) is 1.84. The number of benzene rings is 1. The molecule has 27 heavy (non-hydrogen) atoms. The highest BCUT2D eigenvalue weighted by molar-refractivity contribution is 6.08. The van der Waals surface area contributed by atoms with Gasteiger partial charge >= 0.3 is 5.97 Å². The Balaban J connectivity index is 2.07. The molecular weight excluding hydrogens is 354 g/mol. The molecule has 0 atom stereocenters. The van der Waals surface area contributed by atoms with Gasteiger partial charge in [0.25, 0.3) is 5.69 Å². The number of nitrogens with one attached hydrogen (secondary N) is 1. The number of oxime groups is 1. The van der Waals surface area contributed by atoms with E-state index in [0.29, 0.717) is 17.0 Å². The minimum absolute atomic E-state index is 0.0764. The summed E-state index contributed by atoms with van der Waals surface area (Å²) in [6.07, 6.45) is 1.27. The SMILES string of the molecule is CCOC(=O)c1c(C)[nH]c(C)c1C(=O)CO/N=C/c1cccc([N+](=O)[O-])c1. The van der Waals surface area contributed by atoms with Crippen LogP contribution in [0.1, 0.15) is 44.6 Å². The molecule has 0 radical (unpaired) electrons. The van der Waals surface area contributed by atoms with E-state index in [1.54, 1.807) is 26.8 Å². The fourth-order valence-electron chi connectivity index (χ4n) is 2.57. The number of ether oxygens (including phenoxy) is 1. The average molecular weight is 373 g/mol. The van der Waals surface area contributed by atoms with Crippen LogP contribution in [0.5, 0.6) is 0 Å². The minimum Gasteiger partial charge on any atom is -0.462 e. The fraction of sp³-hybridized carbons (Fsp3) is 0.278. The van der Waals surface area contributed by atoms with E-state index in [4.69, 9.17) is 9.57 Å². The molecule has 0 amide bonds. The van der Waals surface area contributed by atoms with E-state index in [1.165, 1.54) is 24.4 Å². The summed E-state index contributed by atoms with van der Waals surface area (Å²) in [6.45, 7) is 4.84. The second-order valence-electron chi connectivity index (χ2n) is 5.63. The van der Waals surface area contributed by atoms with Gasteiger partial charge in [-0.2, -0.15) is 0 Å². The number of carbonyl (C=O) groups is 2. The number of esters is 1. The van der Waals surface area contributed by atoms with Gasteiger partial charge < -0.3 is 14.6 Å². The first kappa shape index (κ1) is 19.8. The van der Waals surface area contributed by atoms with Crippen molar-refractivity contribution in [3.63, 3.8) is 0 Å². The zero-order valence-electron chi connectivity index (χ0n) is 15.1. The second-order valence-corrected chi connectivity index (χ2v) is 5.63. The first-order valence-corrected chi connectivity index (χ1v) is 8.14. The number of nitro benzene ring substituents is 1. The number of nitro groups is 1. The molecule has 0 unspecified atom stereocenters. The Hall–Kier alpha value is -3.49. The normalized spacial score (nSPS) is 10.8. The van der Waals surface area contributed by atoms with Crippen LogP contribution in [0.2, 0.25) is 0 Å². The number of rotatable bonds is 8. The zero-order valence-corrected chi connectivity index (χ0v) is 15.1. The van der Waals surface area contributed by atoms with Gasteiger partial charge in [0.2, 0.25) is 5.78 Å². The van der Waals surface area contributed by atoms with E-state index < -0.39 is 23.3 Å². The molecule has 2 aromatic rings. The lowest BCUT2D eigenvalue weighted by molar-refractivity contribution is -0.384. The highest BCUT2D eigenvalue weighted by Gasteiger charge is 2.25. The molecule has 0 bridgehead atoms. The number of carbonyl (C=O) groups excluding carboxylic acids is 2. The predicted octanol–water partition coefficient (Wildman–Crippen LogP) is 2.95. The third-order valence-electron chi connectivity index (χ3n) is 3.69. The molecule has 2 rings (SSSR count). The molecule has 1 aromatic heterocycles. The first-order valence-electron chi connectivity index (χ1n) is 8.14. The Bertz CT molecular complexity index is 900. The van der Waals surface area contributed by atoms with E-state index in [9.17, 15) is 19.7 Å². The van der Waals surface area contributed by atoms with Crippen molar-refractivity contribution >= 4 is 23.7 Å². The molecule has 0 aliphatic heterocycles. The van der Waals surface area contributed by atoms with E-state index >= 15 is 0 Å². The number of aromatic nitrogens is 1. The summed E-state index contributed by atoms with van der Waals surface area (Å²) in [7, 11) is 0. The number of hydrogen-bond donors (Lipinski definition) is 1. The van der Waals surface area contributed by atoms with Crippen molar-refractivity contribution in [2.24, 2.45) is 5.16 Å². The molecule has 1 N–H and O–H groups in total. The van der Waals surface area contributed by atoms with Gasteiger partial charge in [-0.1, -0.05) is 17.3 Å². The molecule has 9 nitrogen and oxygen atoms in total. The number of aryl methyl sites for hydroxylation is 2. The zero-order chi connectivity index (χ0) is 20.0. The molecule has 0 saturated heterocycles. The van der Waals surface area contributed by atoms with Gasteiger partial charge in [-0.05, 0) is 20.8 Å². The third kappa shape index (κ3) is 4.78. The van der Waals surface area contributed by atoms with Crippen LogP contribution in [0.3, 0.4) is 0 Å². The number of aromatic amines is 1. The molecule has 0 saturated carbocycles. The van der Waals surface area contributed by atoms with Crippen molar-refractivity contribution < 1.29 is 24.1 Å². The van der Waals surface area contributed by atoms with Crippen LogP contribution in [-0.2, 0) is 9.57 Å². The van der Waals surface area contributed by atoms with Crippen LogP contribution >= 0.6 is 0 Å². The third-order valence-corrected chi connectivity index (χ3v) is 3.69. The Morgan fingerprint density at radius 3 is 2.63 bits per heavy atom. The van der Waals surface area contributed by atoms with Gasteiger partial charge in [-0.3, -0.25) is 14.9 Å². The van der Waals surface area contributed by atoms with Crippen molar-refractivity contribution in [3.8, 4) is 0 Å². The van der Waals surface area contributed by atoms with Crippen LogP contribution < -0.4 is 0 Å². The lowest BCUT2D eigenvalue weighted by Gasteiger charge is -2.05. The van der Waals surface area contributed by atoms with Crippen LogP contribution in [-0.4, -0.2) is 41.1 Å². The van der Waals surface area contributed by atoms with Gasteiger partial charge in [0.05, 0.1) is 28.9 Å². The molecule has 0 spiro atoms. The largest absolute Gasteiger partial charge is 0.462 e. The highest BCUT2D eigenvalue weighted by Crippen LogP contribution is 2.20. The van der Waals surface area contributed by atoms with Crippen LogP contribution in [0.15, 0.2) is 29.4 Å². The maximum atomic E-state index is 12.4. The van der Waals surface area contributed by atoms with Crippen molar-refractivity contribution in [2.45, 2.75) is 20.8 Å². The van der Waals surface area contributed by atoms with Crippen molar-refractivity contribution in [3.05, 3.63) is 62.5 Å². The van der Waals surface area contributed by atoms with E-state index in [-0.39, 0.29) is 23.4 Å². The predicted molar refractivity (Wildman–Crippen MR) is 97.2 cm³/mol. The van der Waals surface area contributed by atoms with Gasteiger partial charge in [-0.15, -0.1) is 0 Å². The molecule has 142 valence electrons. The first-order chi connectivity index (χ1) is 12.8. The average Bonchev–Trinajstić information content (AvgIpc) is 2.93. The quantitative estimate of drug-likeness (QED) is 0.249. The van der Waals surface area contributed by atoms with Crippen molar-refractivity contribution in [1.82, 2.24) is 4.98 Å². The summed E-state index contributed by atoms with van der Waals surface area (Å²) in [5.74, 6) is -1.01. The number of non-ortho nitro benzene ring substituents is 1. The topological polar surface area (TPSA) is 124 Å². The van der Waals surface area contributed by atoms with E-state index in [0.717, 1.165) is 0 Å². The molecule has 9 heteroatoms. The Kier molecular flexibility index (Phi) is 6.42. The van der Waals surface area contributed by atoms with Crippen LogP contribution in [0, 0.1) is 24.0 Å². The summed E-state index contributed by atoms with van der Waals surface area (Å²) < 4.78 is 4.99. The fourth-order valence-corrected chi connectivity index (χ4v) is 2.57. The van der Waals surface area contributed by atoms with E-state index in [2.05, 4.69) is 10.1 Å². The maximum Gasteiger partial charge on any atom is 0.340 e. The second kappa shape index (κ2) is 8.75. The lowest BCUT2D eigenvalue weighted by atomic mass is 10.1. The molecule has 0 aliphatic carbocycles. The monoisotopic (exact) mass is 373 g/mol. The Morgan fingerprint density at radius 2 is 1.96 bits per heavy atom. The molecule has 0 aliphatic rings. The van der Waals surface area contributed by atoms with Crippen LogP contribution in [0.25, 0.3) is 0 Å². The molecular formula is C18H19N3O6.